The van der Waals surface area contributed by atoms with Crippen LogP contribution in [-0.4, -0.2) is 70.1 Å². The molecule has 192 valence electrons. The van der Waals surface area contributed by atoms with Crippen LogP contribution in [0.15, 0.2) is 41.3 Å². The van der Waals surface area contributed by atoms with E-state index in [-0.39, 0.29) is 24.3 Å². The van der Waals surface area contributed by atoms with Gasteiger partial charge in [0.25, 0.3) is 0 Å². The number of aromatic nitrogens is 2. The number of amides is 1. The smallest absolute Gasteiger partial charge is 0.226 e. The highest BCUT2D eigenvalue weighted by Gasteiger charge is 2.39. The van der Waals surface area contributed by atoms with Crippen LogP contribution in [0.1, 0.15) is 26.2 Å². The van der Waals surface area contributed by atoms with Crippen molar-refractivity contribution in [2.24, 2.45) is 17.8 Å². The van der Waals surface area contributed by atoms with Crippen molar-refractivity contribution in [3.63, 3.8) is 0 Å². The Morgan fingerprint density at radius 1 is 1.16 bits per heavy atom. The number of hydrogen-bond donors (Lipinski definition) is 2. The maximum Gasteiger partial charge on any atom is 0.226 e. The summed E-state index contributed by atoms with van der Waals surface area (Å²) in [6, 6.07) is 5.93. The van der Waals surface area contributed by atoms with Crippen molar-refractivity contribution >= 4 is 45.8 Å². The van der Waals surface area contributed by atoms with Gasteiger partial charge < -0.3 is 19.1 Å². The fourth-order valence-corrected chi connectivity index (χ4v) is 5.93. The van der Waals surface area contributed by atoms with E-state index in [9.17, 15) is 4.79 Å². The Morgan fingerprint density at radius 2 is 2.00 bits per heavy atom. The van der Waals surface area contributed by atoms with Gasteiger partial charge in [-0.05, 0) is 43.4 Å². The number of halogens is 1. The minimum atomic E-state index is -0.0954. The lowest BCUT2D eigenvalue weighted by atomic mass is 9.85. The molecule has 0 radical (unpaired) electrons. The number of fused-ring (bicyclic) bond motifs is 1. The summed E-state index contributed by atoms with van der Waals surface area (Å²) in [4.78, 5) is 28.1. The van der Waals surface area contributed by atoms with Gasteiger partial charge in [0.2, 0.25) is 11.8 Å². The number of oxazole rings is 1. The van der Waals surface area contributed by atoms with E-state index in [4.69, 9.17) is 26.8 Å². The number of anilines is 1. The van der Waals surface area contributed by atoms with E-state index < -0.39 is 0 Å². The van der Waals surface area contributed by atoms with Crippen LogP contribution in [0.25, 0.3) is 22.4 Å². The van der Waals surface area contributed by atoms with Crippen molar-refractivity contribution in [3.8, 4) is 11.5 Å². The quantitative estimate of drug-likeness (QED) is 0.387. The molecule has 1 aliphatic carbocycles. The van der Waals surface area contributed by atoms with Crippen molar-refractivity contribution in [2.45, 2.75) is 26.2 Å². The van der Waals surface area contributed by atoms with E-state index in [2.05, 4.69) is 21.8 Å². The molecule has 9 nitrogen and oxygen atoms in total. The fourth-order valence-electron chi connectivity index (χ4n) is 5.66. The van der Waals surface area contributed by atoms with Crippen molar-refractivity contribution in [1.82, 2.24) is 19.8 Å². The minimum Gasteiger partial charge on any atom is -0.445 e. The second-order valence-corrected chi connectivity index (χ2v) is 10.8. The van der Waals surface area contributed by atoms with Gasteiger partial charge in [-0.25, -0.2) is 4.98 Å². The van der Waals surface area contributed by atoms with Gasteiger partial charge in [-0.3, -0.25) is 20.6 Å². The monoisotopic (exact) mass is 519 g/mol. The molecule has 6 rings (SSSR count). The molecule has 2 N–H and O–H groups in total. The molecule has 3 aromatic rings. The molecule has 2 saturated heterocycles. The van der Waals surface area contributed by atoms with Gasteiger partial charge in [0, 0.05) is 55.2 Å². The van der Waals surface area contributed by atoms with E-state index >= 15 is 0 Å². The third-order valence-corrected chi connectivity index (χ3v) is 8.12. The Morgan fingerprint density at radius 3 is 2.70 bits per heavy atom. The number of amidine groups is 2. The lowest BCUT2D eigenvalue weighted by Gasteiger charge is -2.42. The van der Waals surface area contributed by atoms with Gasteiger partial charge in [0.1, 0.15) is 17.9 Å². The van der Waals surface area contributed by atoms with Gasteiger partial charge >= 0.3 is 0 Å². The molecule has 37 heavy (non-hydrogen) atoms. The maximum atomic E-state index is 13.5. The van der Waals surface area contributed by atoms with Crippen LogP contribution >= 0.6 is 11.6 Å². The molecule has 10 heteroatoms. The molecule has 3 aliphatic rings. The van der Waals surface area contributed by atoms with Gasteiger partial charge in [0.05, 0.1) is 29.0 Å². The minimum absolute atomic E-state index is 0.0954. The first-order chi connectivity index (χ1) is 17.9. The molecule has 1 amide bonds. The first-order valence-electron chi connectivity index (χ1n) is 12.9. The zero-order valence-electron chi connectivity index (χ0n) is 20.8. The molecule has 0 spiro atoms. The first-order valence-corrected chi connectivity index (χ1v) is 13.2. The zero-order valence-corrected chi connectivity index (χ0v) is 21.5. The molecule has 2 unspecified atom stereocenters. The van der Waals surface area contributed by atoms with Crippen LogP contribution in [0.2, 0.25) is 5.02 Å². The number of nitrogens with one attached hydrogen (secondary N) is 2. The second-order valence-electron chi connectivity index (χ2n) is 10.4. The summed E-state index contributed by atoms with van der Waals surface area (Å²) in [6.45, 7) is 4.94. The van der Waals surface area contributed by atoms with E-state index in [1.165, 1.54) is 0 Å². The summed E-state index contributed by atoms with van der Waals surface area (Å²) in [5.74, 6) is 1.92. The number of pyridine rings is 1. The molecule has 2 aliphatic heterocycles. The average molecular weight is 520 g/mol. The van der Waals surface area contributed by atoms with Gasteiger partial charge in [-0.2, -0.15) is 0 Å². The number of piperazine rings is 1. The summed E-state index contributed by atoms with van der Waals surface area (Å²) in [5.41, 5.74) is 2.61. The predicted octanol–water partition coefficient (Wildman–Crippen LogP) is 4.51. The lowest BCUT2D eigenvalue weighted by molar-refractivity contribution is -0.137. The highest BCUT2D eigenvalue weighted by atomic mass is 35.5. The normalized spacial score (nSPS) is 22.5. The van der Waals surface area contributed by atoms with Crippen molar-refractivity contribution in [1.29, 1.82) is 10.8 Å². The fraction of sp³-hybridized carbons (Fsp3) is 0.444. The largest absolute Gasteiger partial charge is 0.445 e. The SMILES string of the molecule is CC1CN(c2c(Cl)cnc3cc(-c4ncco4)ccc23)CCC1C(=O)N1CCN(C(=N)C2CC2)C(=N)C1. The summed E-state index contributed by atoms with van der Waals surface area (Å²) >= 11 is 6.67. The zero-order chi connectivity index (χ0) is 25.7. The summed E-state index contributed by atoms with van der Waals surface area (Å²) in [7, 11) is 0. The molecule has 1 saturated carbocycles. The predicted molar refractivity (Wildman–Crippen MR) is 143 cm³/mol. The van der Waals surface area contributed by atoms with Crippen LogP contribution < -0.4 is 4.90 Å². The molecular formula is C27H30ClN7O2. The summed E-state index contributed by atoms with van der Waals surface area (Å²) in [6.07, 6.45) is 7.66. The van der Waals surface area contributed by atoms with Crippen LogP contribution in [0, 0.1) is 28.6 Å². The van der Waals surface area contributed by atoms with Crippen molar-refractivity contribution in [3.05, 3.63) is 41.9 Å². The number of nitrogens with zero attached hydrogens (tertiary/aromatic N) is 5. The van der Waals surface area contributed by atoms with Crippen LogP contribution in [-0.2, 0) is 4.79 Å². The van der Waals surface area contributed by atoms with Gasteiger partial charge in [-0.15, -0.1) is 0 Å². The molecule has 3 fully saturated rings. The first kappa shape index (κ1) is 23.9. The maximum absolute atomic E-state index is 13.5. The number of carbonyl (C=O) groups is 1. The number of hydrogen-bond acceptors (Lipinski definition) is 7. The van der Waals surface area contributed by atoms with E-state index in [0.29, 0.717) is 54.7 Å². The lowest BCUT2D eigenvalue weighted by Crippen LogP contribution is -2.56. The van der Waals surface area contributed by atoms with Crippen LogP contribution in [0.5, 0.6) is 0 Å². The van der Waals surface area contributed by atoms with Gasteiger partial charge in [0.15, 0.2) is 0 Å². The standard InChI is InChI=1S/C27H30ClN7O2/c1-16-14-33(24-20-5-4-18(26-31-7-11-37-26)12-22(20)32-13-21(24)28)8-6-19(16)27(36)34-9-10-35(23(29)15-34)25(30)17-2-3-17/h4-5,7,11-13,16-17,19,29-30H,2-3,6,8-10,14-15H2,1H3. The highest BCUT2D eigenvalue weighted by molar-refractivity contribution is 6.34. The number of rotatable bonds is 4. The van der Waals surface area contributed by atoms with E-state index in [1.54, 1.807) is 23.6 Å². The Bertz CT molecular complexity index is 1370. The molecular weight excluding hydrogens is 490 g/mol. The van der Waals surface area contributed by atoms with Crippen LogP contribution in [0.3, 0.4) is 0 Å². The Labute approximate surface area is 220 Å². The Balaban J connectivity index is 1.16. The molecule has 2 aromatic heterocycles. The molecule has 2 atom stereocenters. The second kappa shape index (κ2) is 9.45. The average Bonchev–Trinajstić information content (AvgIpc) is 3.61. The Hall–Kier alpha value is -3.46. The molecule has 4 heterocycles. The van der Waals surface area contributed by atoms with Crippen LogP contribution in [0.4, 0.5) is 5.69 Å². The molecule has 1 aromatic carbocycles. The third-order valence-electron chi connectivity index (χ3n) is 7.84. The van der Waals surface area contributed by atoms with Gasteiger partial charge in [-0.1, -0.05) is 18.5 Å². The number of carbonyl (C=O) groups excluding carboxylic acids is 1. The Kier molecular flexibility index (Phi) is 6.10. The van der Waals surface area contributed by atoms with E-state index in [1.807, 2.05) is 23.1 Å². The van der Waals surface area contributed by atoms with Crippen molar-refractivity contribution in [2.75, 3.05) is 37.6 Å². The topological polar surface area (TPSA) is 113 Å². The summed E-state index contributed by atoms with van der Waals surface area (Å²) < 4.78 is 5.44. The molecule has 0 bridgehead atoms. The number of benzene rings is 1. The van der Waals surface area contributed by atoms with E-state index in [0.717, 1.165) is 41.4 Å². The summed E-state index contributed by atoms with van der Waals surface area (Å²) in [5, 5.41) is 18.3. The third kappa shape index (κ3) is 4.45. The highest BCUT2D eigenvalue weighted by Crippen LogP contribution is 2.38. The van der Waals surface area contributed by atoms with Crippen molar-refractivity contribution < 1.29 is 9.21 Å². The number of piperidine rings is 1.